The second kappa shape index (κ2) is 7.34. The molecule has 0 radical (unpaired) electrons. The fraction of sp³-hybridized carbons (Fsp3) is 0.625. The topological polar surface area (TPSA) is 58.7 Å². The van der Waals surface area contributed by atoms with Crippen molar-refractivity contribution >= 4 is 11.6 Å². The van der Waals surface area contributed by atoms with E-state index >= 15 is 0 Å². The SMILES string of the molecule is CCC1CCN(Cc2cc(Cl)cc(OC)c2O)C(CN)C1. The molecule has 2 unspecified atom stereocenters. The molecular formula is C16H25ClN2O2. The third-order valence-corrected chi connectivity index (χ3v) is 4.73. The Morgan fingerprint density at radius 1 is 1.48 bits per heavy atom. The number of phenols is 1. The highest BCUT2D eigenvalue weighted by molar-refractivity contribution is 6.30. The van der Waals surface area contributed by atoms with Crippen LogP contribution in [0.4, 0.5) is 0 Å². The molecule has 1 heterocycles. The van der Waals surface area contributed by atoms with Gasteiger partial charge in [0.05, 0.1) is 7.11 Å². The summed E-state index contributed by atoms with van der Waals surface area (Å²) in [6, 6.07) is 3.80. The molecule has 2 rings (SSSR count). The maximum Gasteiger partial charge on any atom is 0.162 e. The summed E-state index contributed by atoms with van der Waals surface area (Å²) in [6.07, 6.45) is 3.53. The lowest BCUT2D eigenvalue weighted by atomic mass is 9.88. The summed E-state index contributed by atoms with van der Waals surface area (Å²) in [7, 11) is 1.53. The Balaban J connectivity index is 2.15. The minimum Gasteiger partial charge on any atom is -0.504 e. The average Bonchev–Trinajstić information content (AvgIpc) is 2.50. The molecule has 3 N–H and O–H groups in total. The summed E-state index contributed by atoms with van der Waals surface area (Å²) in [6.45, 7) is 4.55. The average molecular weight is 313 g/mol. The van der Waals surface area contributed by atoms with Crippen molar-refractivity contribution in [3.05, 3.63) is 22.7 Å². The number of hydrogen-bond donors (Lipinski definition) is 2. The molecule has 1 fully saturated rings. The molecule has 5 heteroatoms. The molecule has 4 nitrogen and oxygen atoms in total. The number of piperidine rings is 1. The number of halogens is 1. The van der Waals surface area contributed by atoms with Crippen LogP contribution in [0.1, 0.15) is 31.7 Å². The van der Waals surface area contributed by atoms with E-state index in [4.69, 9.17) is 22.1 Å². The van der Waals surface area contributed by atoms with Gasteiger partial charge in [0, 0.05) is 35.8 Å². The highest BCUT2D eigenvalue weighted by atomic mass is 35.5. The van der Waals surface area contributed by atoms with Gasteiger partial charge < -0.3 is 15.6 Å². The zero-order valence-electron chi connectivity index (χ0n) is 12.8. The van der Waals surface area contributed by atoms with Crippen molar-refractivity contribution < 1.29 is 9.84 Å². The minimum absolute atomic E-state index is 0.176. The van der Waals surface area contributed by atoms with E-state index in [1.54, 1.807) is 12.1 Å². The van der Waals surface area contributed by atoms with Gasteiger partial charge in [0.25, 0.3) is 0 Å². The van der Waals surface area contributed by atoms with Crippen LogP contribution in [0.2, 0.25) is 5.02 Å². The summed E-state index contributed by atoms with van der Waals surface area (Å²) >= 11 is 6.10. The highest BCUT2D eigenvalue weighted by Crippen LogP contribution is 2.35. The molecule has 0 bridgehead atoms. The van der Waals surface area contributed by atoms with Crippen molar-refractivity contribution in [1.82, 2.24) is 4.90 Å². The van der Waals surface area contributed by atoms with Gasteiger partial charge in [-0.25, -0.2) is 0 Å². The van der Waals surface area contributed by atoms with Crippen LogP contribution >= 0.6 is 11.6 Å². The molecule has 0 saturated carbocycles. The Morgan fingerprint density at radius 3 is 2.86 bits per heavy atom. The van der Waals surface area contributed by atoms with Crippen molar-refractivity contribution in [2.75, 3.05) is 20.2 Å². The second-order valence-corrected chi connectivity index (χ2v) is 6.21. The number of nitrogens with zero attached hydrogens (tertiary/aromatic N) is 1. The lowest BCUT2D eigenvalue weighted by molar-refractivity contribution is 0.106. The molecule has 2 atom stereocenters. The van der Waals surface area contributed by atoms with E-state index in [0.29, 0.717) is 29.9 Å². The van der Waals surface area contributed by atoms with Gasteiger partial charge >= 0.3 is 0 Å². The number of likely N-dealkylation sites (tertiary alicyclic amines) is 1. The third kappa shape index (κ3) is 3.82. The lowest BCUT2D eigenvalue weighted by Gasteiger charge is -2.39. The molecule has 1 aliphatic rings. The first-order chi connectivity index (χ1) is 10.1. The molecule has 0 aliphatic carbocycles. The Labute approximate surface area is 131 Å². The number of phenolic OH excluding ortho intramolecular Hbond substituents is 1. The summed E-state index contributed by atoms with van der Waals surface area (Å²) in [4.78, 5) is 2.34. The third-order valence-electron chi connectivity index (χ3n) is 4.51. The zero-order valence-corrected chi connectivity index (χ0v) is 13.6. The van der Waals surface area contributed by atoms with Crippen LogP contribution in [0.5, 0.6) is 11.5 Å². The van der Waals surface area contributed by atoms with Crippen LogP contribution < -0.4 is 10.5 Å². The normalized spacial score (nSPS) is 23.2. The first-order valence-electron chi connectivity index (χ1n) is 7.58. The van der Waals surface area contributed by atoms with Gasteiger partial charge in [-0.1, -0.05) is 24.9 Å². The molecule has 1 aromatic rings. The van der Waals surface area contributed by atoms with Gasteiger partial charge in [0.2, 0.25) is 0 Å². The number of aromatic hydroxyl groups is 1. The van der Waals surface area contributed by atoms with E-state index in [0.717, 1.165) is 24.4 Å². The van der Waals surface area contributed by atoms with Gasteiger partial charge in [-0.15, -0.1) is 0 Å². The Hall–Kier alpha value is -0.970. The summed E-state index contributed by atoms with van der Waals surface area (Å²) in [5.74, 6) is 1.36. The number of methoxy groups -OCH3 is 1. The lowest BCUT2D eigenvalue weighted by Crippen LogP contribution is -2.46. The van der Waals surface area contributed by atoms with Crippen molar-refractivity contribution in [2.45, 2.75) is 38.8 Å². The van der Waals surface area contributed by atoms with Crippen LogP contribution in [-0.4, -0.2) is 36.2 Å². The van der Waals surface area contributed by atoms with Crippen molar-refractivity contribution in [2.24, 2.45) is 11.7 Å². The number of benzene rings is 1. The molecule has 118 valence electrons. The molecule has 0 aromatic heterocycles. The van der Waals surface area contributed by atoms with Crippen molar-refractivity contribution in [3.63, 3.8) is 0 Å². The summed E-state index contributed by atoms with van der Waals surface area (Å²) < 4.78 is 5.17. The number of ether oxygens (including phenoxy) is 1. The second-order valence-electron chi connectivity index (χ2n) is 5.77. The van der Waals surface area contributed by atoms with Crippen LogP contribution in [0.25, 0.3) is 0 Å². The number of hydrogen-bond acceptors (Lipinski definition) is 4. The molecule has 1 aromatic carbocycles. The van der Waals surface area contributed by atoms with Gasteiger partial charge in [-0.3, -0.25) is 4.90 Å². The fourth-order valence-corrected chi connectivity index (χ4v) is 3.36. The van der Waals surface area contributed by atoms with Crippen LogP contribution in [-0.2, 0) is 6.54 Å². The molecule has 21 heavy (non-hydrogen) atoms. The summed E-state index contributed by atoms with van der Waals surface area (Å²) in [5.41, 5.74) is 6.73. The Kier molecular flexibility index (Phi) is 5.73. The highest BCUT2D eigenvalue weighted by Gasteiger charge is 2.27. The zero-order chi connectivity index (χ0) is 15.4. The van der Waals surface area contributed by atoms with Crippen LogP contribution in [0.15, 0.2) is 12.1 Å². The van der Waals surface area contributed by atoms with E-state index in [1.807, 2.05) is 0 Å². The fourth-order valence-electron chi connectivity index (χ4n) is 3.13. The largest absolute Gasteiger partial charge is 0.504 e. The Bertz CT molecular complexity index is 482. The van der Waals surface area contributed by atoms with Crippen molar-refractivity contribution in [3.8, 4) is 11.5 Å². The quantitative estimate of drug-likeness (QED) is 0.877. The maximum atomic E-state index is 10.3. The Morgan fingerprint density at radius 2 is 2.24 bits per heavy atom. The number of nitrogens with two attached hydrogens (primary N) is 1. The molecule has 0 amide bonds. The molecular weight excluding hydrogens is 288 g/mol. The first kappa shape index (κ1) is 16.4. The first-order valence-corrected chi connectivity index (χ1v) is 7.96. The van der Waals surface area contributed by atoms with E-state index in [-0.39, 0.29) is 5.75 Å². The minimum atomic E-state index is 0.176. The predicted octanol–water partition coefficient (Wildman–Crippen LogP) is 3.00. The summed E-state index contributed by atoms with van der Waals surface area (Å²) in [5, 5.41) is 10.8. The van der Waals surface area contributed by atoms with E-state index in [1.165, 1.54) is 20.0 Å². The molecule has 0 spiro atoms. The molecule has 1 aliphatic heterocycles. The van der Waals surface area contributed by atoms with Crippen LogP contribution in [0, 0.1) is 5.92 Å². The monoisotopic (exact) mass is 312 g/mol. The predicted molar refractivity (Wildman–Crippen MR) is 85.9 cm³/mol. The molecule has 1 saturated heterocycles. The van der Waals surface area contributed by atoms with Crippen LogP contribution in [0.3, 0.4) is 0 Å². The van der Waals surface area contributed by atoms with Gasteiger partial charge in [0.15, 0.2) is 11.5 Å². The maximum absolute atomic E-state index is 10.3. The van der Waals surface area contributed by atoms with Gasteiger partial charge in [-0.2, -0.15) is 0 Å². The van der Waals surface area contributed by atoms with E-state index in [2.05, 4.69) is 11.8 Å². The van der Waals surface area contributed by atoms with Crippen molar-refractivity contribution in [1.29, 1.82) is 0 Å². The van der Waals surface area contributed by atoms with E-state index in [9.17, 15) is 5.11 Å². The smallest absolute Gasteiger partial charge is 0.162 e. The van der Waals surface area contributed by atoms with Gasteiger partial charge in [-0.05, 0) is 31.4 Å². The van der Waals surface area contributed by atoms with E-state index < -0.39 is 0 Å². The standard InChI is InChI=1S/C16H25ClN2O2/c1-3-11-4-5-19(14(6-11)9-18)10-12-7-13(17)8-15(21-2)16(12)20/h7-8,11,14,20H,3-6,9-10,18H2,1-2H3. The number of rotatable bonds is 5. The van der Waals surface area contributed by atoms with Gasteiger partial charge in [0.1, 0.15) is 0 Å².